The maximum absolute atomic E-state index is 13.8. The molecule has 0 N–H and O–H groups in total. The minimum atomic E-state index is -4.41. The summed E-state index contributed by atoms with van der Waals surface area (Å²) in [6.45, 7) is 5.70. The smallest absolute Gasteiger partial charge is 0.254 e. The molecule has 0 aromatic rings. The van der Waals surface area contributed by atoms with Gasteiger partial charge in [0.25, 0.3) is 5.91 Å². The maximum Gasteiger partial charge on any atom is 0.254 e. The quantitative estimate of drug-likeness (QED) is 0.262. The van der Waals surface area contributed by atoms with Crippen LogP contribution >= 0.6 is 0 Å². The molecule has 1 heterocycles. The third-order valence-electron chi connectivity index (χ3n) is 4.03. The first-order chi connectivity index (χ1) is 11.9. The Labute approximate surface area is 157 Å². The van der Waals surface area contributed by atoms with Crippen LogP contribution in [-0.4, -0.2) is 94.4 Å². The van der Waals surface area contributed by atoms with Gasteiger partial charge in [-0.2, -0.15) is 5.12 Å². The second kappa shape index (κ2) is 11.8. The van der Waals surface area contributed by atoms with E-state index in [1.165, 1.54) is 19.3 Å². The first-order valence-electron chi connectivity index (χ1n) is 8.87. The summed E-state index contributed by atoms with van der Waals surface area (Å²) in [5, 5.41) is 0.421. The lowest BCUT2D eigenvalue weighted by atomic mass is 10.1. The van der Waals surface area contributed by atoms with Crippen molar-refractivity contribution < 1.29 is 30.9 Å². The Bertz CT molecular complexity index is 505. The number of likely N-dealkylation sites (tertiary alicyclic amines) is 1. The van der Waals surface area contributed by atoms with Gasteiger partial charge in [-0.3, -0.25) is 8.98 Å². The summed E-state index contributed by atoms with van der Waals surface area (Å²) in [5.74, 6) is -0.612. The summed E-state index contributed by atoms with van der Waals surface area (Å²) < 4.78 is 45.7. The lowest BCUT2D eigenvalue weighted by Gasteiger charge is -2.29. The number of amides is 1. The van der Waals surface area contributed by atoms with Crippen LogP contribution < -0.4 is 0 Å². The zero-order chi connectivity index (χ0) is 20.4. The van der Waals surface area contributed by atoms with Crippen LogP contribution in [0.3, 0.4) is 0 Å². The van der Waals surface area contributed by atoms with Crippen molar-refractivity contribution in [1.29, 1.82) is 0 Å². The van der Waals surface area contributed by atoms with Crippen molar-refractivity contribution in [2.45, 2.75) is 32.6 Å². The Balaban J connectivity index is 0.000000896. The van der Waals surface area contributed by atoms with E-state index in [1.54, 1.807) is 0 Å². The maximum atomic E-state index is 13.8. The highest BCUT2D eigenvalue weighted by atomic mass is 32.3. The summed E-state index contributed by atoms with van der Waals surface area (Å²) in [5.41, 5.74) is 0. The SMILES string of the molecule is CC(CN1CCCCC1)C(=O)N(F)CCC[N+](C)(C)C.COS(=O)(=O)[O-]. The van der Waals surface area contributed by atoms with E-state index in [0.29, 0.717) is 18.1 Å². The molecule has 1 fully saturated rings. The highest BCUT2D eigenvalue weighted by Gasteiger charge is 2.24. The number of halogens is 1. The Morgan fingerprint density at radius 2 is 1.77 bits per heavy atom. The van der Waals surface area contributed by atoms with Gasteiger partial charge >= 0.3 is 0 Å². The zero-order valence-corrected chi connectivity index (χ0v) is 17.4. The predicted octanol–water partition coefficient (Wildman–Crippen LogP) is 1.01. The lowest BCUT2D eigenvalue weighted by Crippen LogP contribution is -2.41. The van der Waals surface area contributed by atoms with Gasteiger partial charge in [0.15, 0.2) is 0 Å². The summed E-state index contributed by atoms with van der Waals surface area (Å²) in [4.78, 5) is 14.3. The van der Waals surface area contributed by atoms with Gasteiger partial charge in [-0.1, -0.05) is 17.8 Å². The van der Waals surface area contributed by atoms with Gasteiger partial charge < -0.3 is 13.9 Å². The van der Waals surface area contributed by atoms with Crippen LogP contribution in [-0.2, 0) is 19.4 Å². The van der Waals surface area contributed by atoms with Gasteiger partial charge in [0.05, 0.1) is 47.3 Å². The van der Waals surface area contributed by atoms with Crippen molar-refractivity contribution in [3.8, 4) is 0 Å². The van der Waals surface area contributed by atoms with E-state index in [1.807, 2.05) is 6.92 Å². The number of quaternary nitrogens is 1. The molecule has 0 aliphatic carbocycles. The molecule has 1 saturated heterocycles. The number of rotatable bonds is 8. The third kappa shape index (κ3) is 13.4. The topological polar surface area (TPSA) is 90.0 Å². The van der Waals surface area contributed by atoms with Crippen LogP contribution in [0.15, 0.2) is 0 Å². The molecule has 1 atom stereocenters. The normalized spacial score (nSPS) is 17.2. The number of carbonyl (C=O) groups excluding carboxylic acids is 1. The first kappa shape index (κ1) is 25.2. The second-order valence-corrected chi connectivity index (χ2v) is 8.78. The molecule has 1 rings (SSSR count). The molecule has 26 heavy (non-hydrogen) atoms. The van der Waals surface area contributed by atoms with E-state index in [2.05, 4.69) is 30.2 Å². The van der Waals surface area contributed by atoms with Crippen molar-refractivity contribution in [3.63, 3.8) is 0 Å². The van der Waals surface area contributed by atoms with Crippen LogP contribution in [0.1, 0.15) is 32.6 Å². The molecule has 10 heteroatoms. The lowest BCUT2D eigenvalue weighted by molar-refractivity contribution is -0.870. The van der Waals surface area contributed by atoms with Crippen molar-refractivity contribution in [2.75, 3.05) is 61.0 Å². The number of piperidine rings is 1. The first-order valence-corrected chi connectivity index (χ1v) is 10.2. The zero-order valence-electron chi connectivity index (χ0n) is 16.6. The average molecular weight is 400 g/mol. The number of hydrogen-bond donors (Lipinski definition) is 0. The van der Waals surface area contributed by atoms with Crippen molar-refractivity contribution >= 4 is 16.3 Å². The van der Waals surface area contributed by atoms with Crippen molar-refractivity contribution in [3.05, 3.63) is 0 Å². The van der Waals surface area contributed by atoms with Crippen LogP contribution in [0.5, 0.6) is 0 Å². The van der Waals surface area contributed by atoms with Gasteiger partial charge in [-0.05, 0) is 25.9 Å². The Morgan fingerprint density at radius 3 is 2.19 bits per heavy atom. The number of carbonyl (C=O) groups is 1. The molecule has 0 saturated carbocycles. The third-order valence-corrected chi connectivity index (χ3v) is 4.44. The highest BCUT2D eigenvalue weighted by molar-refractivity contribution is 7.80. The van der Waals surface area contributed by atoms with Gasteiger partial charge in [0.2, 0.25) is 10.4 Å². The molecule has 0 bridgehead atoms. The molecule has 0 aromatic carbocycles. The molecular formula is C16H34FN3O5S. The van der Waals surface area contributed by atoms with Gasteiger partial charge in [-0.15, -0.1) is 0 Å². The highest BCUT2D eigenvalue weighted by Crippen LogP contribution is 2.13. The molecule has 1 aliphatic heterocycles. The largest absolute Gasteiger partial charge is 0.726 e. The number of hydrogen-bond acceptors (Lipinski definition) is 6. The monoisotopic (exact) mass is 399 g/mol. The molecule has 1 aliphatic rings. The Kier molecular flexibility index (Phi) is 11.4. The Morgan fingerprint density at radius 1 is 1.27 bits per heavy atom. The molecule has 1 unspecified atom stereocenters. The summed E-state index contributed by atoms with van der Waals surface area (Å²) >= 11 is 0. The van der Waals surface area contributed by atoms with Crippen LogP contribution in [0.2, 0.25) is 0 Å². The van der Waals surface area contributed by atoms with Crippen LogP contribution in [0, 0.1) is 5.92 Å². The fourth-order valence-corrected chi connectivity index (χ4v) is 2.64. The minimum Gasteiger partial charge on any atom is -0.726 e. The van der Waals surface area contributed by atoms with Gasteiger partial charge in [0.1, 0.15) is 0 Å². The van der Waals surface area contributed by atoms with E-state index < -0.39 is 10.4 Å². The van der Waals surface area contributed by atoms with E-state index in [4.69, 9.17) is 0 Å². The molecule has 0 aromatic heterocycles. The standard InChI is InChI=1S/C15H31FN3O.CH4O4S/c1-14(13-17-9-6-5-7-10-17)15(20)18(16)11-8-12-19(2,3)4;1-5-6(2,3)4/h14H,5-13H2,1-4H3;1H3,(H,2,3,4)/q+1;/p-1. The minimum absolute atomic E-state index is 0.207. The fourth-order valence-electron chi connectivity index (χ4n) is 2.64. The van der Waals surface area contributed by atoms with E-state index in [-0.39, 0.29) is 18.4 Å². The molecular weight excluding hydrogens is 365 g/mol. The van der Waals surface area contributed by atoms with Crippen LogP contribution in [0.25, 0.3) is 0 Å². The average Bonchev–Trinajstić information content (AvgIpc) is 2.53. The molecule has 0 spiro atoms. The van der Waals surface area contributed by atoms with E-state index in [0.717, 1.165) is 31.2 Å². The Hall–Kier alpha value is -0.810. The van der Waals surface area contributed by atoms with E-state index >= 15 is 0 Å². The second-order valence-electron chi connectivity index (χ2n) is 7.63. The van der Waals surface area contributed by atoms with Crippen LogP contribution in [0.4, 0.5) is 4.48 Å². The summed E-state index contributed by atoms with van der Waals surface area (Å²) in [6, 6.07) is 0. The molecule has 0 radical (unpaired) electrons. The van der Waals surface area contributed by atoms with Gasteiger partial charge in [-0.25, -0.2) is 8.42 Å². The van der Waals surface area contributed by atoms with Gasteiger partial charge in [0, 0.05) is 13.0 Å². The van der Waals surface area contributed by atoms with Crippen molar-refractivity contribution in [1.82, 2.24) is 10.0 Å². The molecule has 8 nitrogen and oxygen atoms in total. The van der Waals surface area contributed by atoms with E-state index in [9.17, 15) is 22.2 Å². The predicted molar refractivity (Wildman–Crippen MR) is 96.5 cm³/mol. The van der Waals surface area contributed by atoms with Crippen molar-refractivity contribution in [2.24, 2.45) is 5.92 Å². The number of nitrogens with zero attached hydrogens (tertiary/aromatic N) is 3. The summed E-state index contributed by atoms with van der Waals surface area (Å²) in [7, 11) is 2.61. The molecule has 156 valence electrons. The fraction of sp³-hybridized carbons (Fsp3) is 0.938. The summed E-state index contributed by atoms with van der Waals surface area (Å²) in [6.07, 6.45) is 4.37. The molecule has 1 amide bonds.